The molecule has 0 aromatic carbocycles. The zero-order valence-electron chi connectivity index (χ0n) is 36.6. The highest BCUT2D eigenvalue weighted by Gasteiger charge is 2.44. The number of aliphatic hydroxyl groups excluding tert-OH is 5. The minimum absolute atomic E-state index is 0.190. The molecule has 0 spiro atoms. The number of aliphatic hydroxyl groups is 5. The summed E-state index contributed by atoms with van der Waals surface area (Å²) in [6, 6.07) is -0.824. The van der Waals surface area contributed by atoms with Crippen molar-refractivity contribution < 1.29 is 39.8 Å². The number of amides is 1. The first-order valence-electron chi connectivity index (χ1n) is 23.7. The van der Waals surface area contributed by atoms with Crippen LogP contribution in [0.2, 0.25) is 0 Å². The van der Waals surface area contributed by atoms with Gasteiger partial charge in [0.25, 0.3) is 0 Å². The topological polar surface area (TPSA) is 149 Å². The molecule has 0 aliphatic carbocycles. The van der Waals surface area contributed by atoms with E-state index in [1.807, 2.05) is 6.08 Å². The van der Waals surface area contributed by atoms with Crippen molar-refractivity contribution in [2.45, 2.75) is 249 Å². The van der Waals surface area contributed by atoms with Crippen molar-refractivity contribution in [1.82, 2.24) is 5.32 Å². The van der Waals surface area contributed by atoms with Gasteiger partial charge in [-0.3, -0.25) is 4.79 Å². The van der Waals surface area contributed by atoms with Gasteiger partial charge in [-0.15, -0.1) is 0 Å². The minimum atomic E-state index is -1.57. The molecule has 0 saturated carbocycles. The van der Waals surface area contributed by atoms with Gasteiger partial charge in [0.05, 0.1) is 25.4 Å². The van der Waals surface area contributed by atoms with Gasteiger partial charge in [-0.05, 0) is 44.9 Å². The highest BCUT2D eigenvalue weighted by molar-refractivity contribution is 5.76. The predicted molar refractivity (Wildman–Crippen MR) is 235 cm³/mol. The number of nitrogens with one attached hydrogen (secondary N) is 1. The molecule has 7 atom stereocenters. The van der Waals surface area contributed by atoms with Crippen LogP contribution in [-0.4, -0.2) is 87.5 Å². The number of hydrogen-bond acceptors (Lipinski definition) is 8. The molecular weight excluding hydrogens is 719 g/mol. The fourth-order valence-corrected chi connectivity index (χ4v) is 7.36. The third-order valence-electron chi connectivity index (χ3n) is 11.2. The van der Waals surface area contributed by atoms with E-state index in [4.69, 9.17) is 9.47 Å². The Morgan fingerprint density at radius 2 is 1.00 bits per heavy atom. The predicted octanol–water partition coefficient (Wildman–Crippen LogP) is 10.1. The second-order valence-corrected chi connectivity index (χ2v) is 16.5. The van der Waals surface area contributed by atoms with Gasteiger partial charge < -0.3 is 40.3 Å². The molecule has 1 heterocycles. The normalized spacial score (nSPS) is 21.3. The van der Waals surface area contributed by atoms with Crippen molar-refractivity contribution in [2.75, 3.05) is 13.2 Å². The van der Waals surface area contributed by atoms with Crippen LogP contribution in [0.4, 0.5) is 0 Å². The van der Waals surface area contributed by atoms with Crippen LogP contribution in [0.1, 0.15) is 206 Å². The van der Waals surface area contributed by atoms with Crippen LogP contribution in [0.15, 0.2) is 36.5 Å². The van der Waals surface area contributed by atoms with Crippen LogP contribution in [-0.2, 0) is 14.3 Å². The Balaban J connectivity index is 2.38. The summed E-state index contributed by atoms with van der Waals surface area (Å²) >= 11 is 0. The first kappa shape index (κ1) is 53.4. The molecule has 0 aromatic rings. The monoisotopic (exact) mass is 808 g/mol. The molecule has 9 nitrogen and oxygen atoms in total. The second kappa shape index (κ2) is 38.6. The fraction of sp³-hybridized carbons (Fsp3) is 0.854. The number of ether oxygens (including phenoxy) is 2. The Morgan fingerprint density at radius 1 is 0.579 bits per heavy atom. The van der Waals surface area contributed by atoms with Crippen LogP contribution >= 0.6 is 0 Å². The van der Waals surface area contributed by atoms with Gasteiger partial charge in [-0.2, -0.15) is 0 Å². The number of unbranched alkanes of at least 4 members (excludes halogenated alkanes) is 25. The van der Waals surface area contributed by atoms with Gasteiger partial charge in [0.1, 0.15) is 24.4 Å². The van der Waals surface area contributed by atoms with Crippen molar-refractivity contribution >= 4 is 5.91 Å². The maximum atomic E-state index is 12.9. The number of hydrogen-bond donors (Lipinski definition) is 6. The number of allylic oxidation sites excluding steroid dienone is 5. The SMILES string of the molecule is CCCCCCCCCCC/C=C/CC/C=C/CC/C=C/C(O)C(COC1OC(CO)C(O)C(O)C1O)NC(=O)CCCCCCCCCCCCCCCCC. The largest absolute Gasteiger partial charge is 0.394 e. The summed E-state index contributed by atoms with van der Waals surface area (Å²) in [7, 11) is 0. The molecule has 1 saturated heterocycles. The summed E-state index contributed by atoms with van der Waals surface area (Å²) in [5.74, 6) is -0.190. The Morgan fingerprint density at radius 3 is 1.47 bits per heavy atom. The summed E-state index contributed by atoms with van der Waals surface area (Å²) in [5.41, 5.74) is 0. The summed E-state index contributed by atoms with van der Waals surface area (Å²) in [4.78, 5) is 12.9. The highest BCUT2D eigenvalue weighted by Crippen LogP contribution is 2.22. The van der Waals surface area contributed by atoms with Crippen LogP contribution in [0, 0.1) is 0 Å². The van der Waals surface area contributed by atoms with Crippen LogP contribution in [0.3, 0.4) is 0 Å². The molecule has 1 aliphatic heterocycles. The van der Waals surface area contributed by atoms with E-state index in [9.17, 15) is 30.3 Å². The van der Waals surface area contributed by atoms with Crippen molar-refractivity contribution in [1.29, 1.82) is 0 Å². The van der Waals surface area contributed by atoms with Crippen LogP contribution in [0.5, 0.6) is 0 Å². The third-order valence-corrected chi connectivity index (χ3v) is 11.2. The second-order valence-electron chi connectivity index (χ2n) is 16.5. The van der Waals surface area contributed by atoms with E-state index in [0.29, 0.717) is 6.42 Å². The maximum absolute atomic E-state index is 12.9. The lowest BCUT2D eigenvalue weighted by atomic mass is 9.99. The Bertz CT molecular complexity index is 987. The van der Waals surface area contributed by atoms with E-state index in [1.54, 1.807) is 6.08 Å². The molecule has 334 valence electrons. The molecule has 0 bridgehead atoms. The molecule has 57 heavy (non-hydrogen) atoms. The minimum Gasteiger partial charge on any atom is -0.394 e. The molecule has 1 amide bonds. The average Bonchev–Trinajstić information content (AvgIpc) is 3.21. The standard InChI is InChI=1S/C48H89NO8/c1-3-5-7-9-11-13-15-17-19-20-21-22-24-25-27-29-31-33-35-37-42(51)41(40-56-48-47(55)46(54)45(53)43(39-50)57-48)49-44(52)38-36-34-32-30-28-26-23-18-16-14-12-10-8-6-4-2/h21-22,27,29,35,37,41-43,45-48,50-51,53-55H,3-20,23-26,28,30-34,36,38-40H2,1-2H3,(H,49,52)/b22-21+,29-27+,37-35+. The van der Waals surface area contributed by atoms with Crippen LogP contribution in [0.25, 0.3) is 0 Å². The van der Waals surface area contributed by atoms with Crippen LogP contribution < -0.4 is 5.32 Å². The zero-order chi connectivity index (χ0) is 41.6. The quantitative estimate of drug-likeness (QED) is 0.0266. The van der Waals surface area contributed by atoms with E-state index < -0.39 is 49.5 Å². The highest BCUT2D eigenvalue weighted by atomic mass is 16.7. The van der Waals surface area contributed by atoms with E-state index in [1.165, 1.54) is 141 Å². The first-order valence-corrected chi connectivity index (χ1v) is 23.7. The molecule has 9 heteroatoms. The number of rotatable bonds is 39. The summed E-state index contributed by atoms with van der Waals surface area (Å²) in [5, 5.41) is 54.2. The van der Waals surface area contributed by atoms with E-state index in [0.717, 1.165) is 44.9 Å². The van der Waals surface area contributed by atoms with E-state index in [2.05, 4.69) is 43.5 Å². The molecule has 6 N–H and O–H groups in total. The van der Waals surface area contributed by atoms with Crippen molar-refractivity contribution in [3.8, 4) is 0 Å². The van der Waals surface area contributed by atoms with E-state index >= 15 is 0 Å². The molecule has 0 aromatic heterocycles. The van der Waals surface area contributed by atoms with Gasteiger partial charge in [0, 0.05) is 6.42 Å². The lowest BCUT2D eigenvalue weighted by Gasteiger charge is -2.40. The summed E-state index contributed by atoms with van der Waals surface area (Å²) < 4.78 is 11.2. The number of carbonyl (C=O) groups is 1. The summed E-state index contributed by atoms with van der Waals surface area (Å²) in [6.45, 7) is 3.75. The summed E-state index contributed by atoms with van der Waals surface area (Å²) in [6.07, 6.45) is 40.4. The molecule has 7 unspecified atom stereocenters. The maximum Gasteiger partial charge on any atom is 0.220 e. The molecule has 1 aliphatic rings. The lowest BCUT2D eigenvalue weighted by Crippen LogP contribution is -2.60. The first-order chi connectivity index (χ1) is 27.8. The van der Waals surface area contributed by atoms with Crippen molar-refractivity contribution in [3.63, 3.8) is 0 Å². The fourth-order valence-electron chi connectivity index (χ4n) is 7.36. The number of carbonyl (C=O) groups excluding carboxylic acids is 1. The molecular formula is C48H89NO8. The van der Waals surface area contributed by atoms with Crippen molar-refractivity contribution in [2.24, 2.45) is 0 Å². The molecule has 1 fully saturated rings. The van der Waals surface area contributed by atoms with Gasteiger partial charge in [-0.1, -0.05) is 192 Å². The van der Waals surface area contributed by atoms with Gasteiger partial charge in [0.2, 0.25) is 5.91 Å². The van der Waals surface area contributed by atoms with Gasteiger partial charge in [0.15, 0.2) is 6.29 Å². The Kier molecular flexibility index (Phi) is 36.2. The molecule has 1 rings (SSSR count). The Labute approximate surface area is 349 Å². The molecule has 0 radical (unpaired) electrons. The average molecular weight is 808 g/mol. The Hall–Kier alpha value is -1.59. The van der Waals surface area contributed by atoms with Gasteiger partial charge >= 0.3 is 0 Å². The van der Waals surface area contributed by atoms with Crippen molar-refractivity contribution in [3.05, 3.63) is 36.5 Å². The third kappa shape index (κ3) is 29.3. The van der Waals surface area contributed by atoms with E-state index in [-0.39, 0.29) is 12.5 Å². The zero-order valence-corrected chi connectivity index (χ0v) is 36.6. The lowest BCUT2D eigenvalue weighted by molar-refractivity contribution is -0.302. The van der Waals surface area contributed by atoms with Gasteiger partial charge in [-0.25, -0.2) is 0 Å². The smallest absolute Gasteiger partial charge is 0.220 e.